The standard InChI is InChI=1S/C12H24N2OS/c1-5-9(6-2)14-11(15)12(7-3,8-4)10(13)16/h9H,5-8H2,1-4H3,(H2,13,16)(H,14,15). The number of amides is 1. The molecule has 0 unspecified atom stereocenters. The van der Waals surface area contributed by atoms with Crippen molar-refractivity contribution in [2.45, 2.75) is 59.4 Å². The maximum Gasteiger partial charge on any atom is 0.233 e. The van der Waals surface area contributed by atoms with Crippen LogP contribution in [0, 0.1) is 5.41 Å². The van der Waals surface area contributed by atoms with E-state index in [1.807, 2.05) is 13.8 Å². The van der Waals surface area contributed by atoms with Gasteiger partial charge in [-0.25, -0.2) is 0 Å². The number of hydrogen-bond acceptors (Lipinski definition) is 2. The SMILES string of the molecule is CCC(CC)NC(=O)C(CC)(CC)C(N)=S. The molecule has 16 heavy (non-hydrogen) atoms. The Labute approximate surface area is 104 Å². The summed E-state index contributed by atoms with van der Waals surface area (Å²) in [6.45, 7) is 8.04. The van der Waals surface area contributed by atoms with E-state index in [9.17, 15) is 4.79 Å². The molecule has 0 atom stereocenters. The quantitative estimate of drug-likeness (QED) is 0.676. The highest BCUT2D eigenvalue weighted by molar-refractivity contribution is 7.80. The molecule has 0 rings (SSSR count). The van der Waals surface area contributed by atoms with E-state index >= 15 is 0 Å². The van der Waals surface area contributed by atoms with E-state index in [4.69, 9.17) is 18.0 Å². The molecule has 4 heteroatoms. The number of thiocarbonyl (C=S) groups is 1. The summed E-state index contributed by atoms with van der Waals surface area (Å²) in [6.07, 6.45) is 3.18. The molecule has 0 aliphatic carbocycles. The monoisotopic (exact) mass is 244 g/mol. The van der Waals surface area contributed by atoms with Crippen molar-refractivity contribution in [2.75, 3.05) is 0 Å². The van der Waals surface area contributed by atoms with Crippen molar-refractivity contribution in [3.63, 3.8) is 0 Å². The fraction of sp³-hybridized carbons (Fsp3) is 0.833. The fourth-order valence-corrected chi connectivity index (χ4v) is 2.23. The van der Waals surface area contributed by atoms with Crippen LogP contribution in [0.3, 0.4) is 0 Å². The highest BCUT2D eigenvalue weighted by Crippen LogP contribution is 2.27. The largest absolute Gasteiger partial charge is 0.392 e. The van der Waals surface area contributed by atoms with Crippen molar-refractivity contribution >= 4 is 23.1 Å². The third kappa shape index (κ3) is 3.17. The molecule has 0 spiro atoms. The van der Waals surface area contributed by atoms with Crippen LogP contribution < -0.4 is 11.1 Å². The van der Waals surface area contributed by atoms with Crippen LogP contribution in [-0.4, -0.2) is 16.9 Å². The van der Waals surface area contributed by atoms with E-state index < -0.39 is 5.41 Å². The average Bonchev–Trinajstić information content (AvgIpc) is 2.27. The van der Waals surface area contributed by atoms with Gasteiger partial charge >= 0.3 is 0 Å². The Balaban J connectivity index is 4.82. The third-order valence-electron chi connectivity index (χ3n) is 3.43. The molecule has 0 heterocycles. The summed E-state index contributed by atoms with van der Waals surface area (Å²) in [6, 6.07) is 0.222. The smallest absolute Gasteiger partial charge is 0.233 e. The molecule has 0 saturated heterocycles. The average molecular weight is 244 g/mol. The molecule has 0 saturated carbocycles. The van der Waals surface area contributed by atoms with Crippen molar-refractivity contribution in [3.05, 3.63) is 0 Å². The van der Waals surface area contributed by atoms with Crippen LogP contribution in [0.1, 0.15) is 53.4 Å². The van der Waals surface area contributed by atoms with Gasteiger partial charge in [0.05, 0.1) is 10.4 Å². The minimum absolute atomic E-state index is 0.0151. The molecular formula is C12H24N2OS. The Hall–Kier alpha value is -0.640. The van der Waals surface area contributed by atoms with Gasteiger partial charge in [0.25, 0.3) is 0 Å². The lowest BCUT2D eigenvalue weighted by Crippen LogP contribution is -2.50. The second kappa shape index (κ2) is 6.84. The van der Waals surface area contributed by atoms with Crippen LogP contribution in [0.2, 0.25) is 0 Å². The zero-order valence-corrected chi connectivity index (χ0v) is 11.6. The van der Waals surface area contributed by atoms with Gasteiger partial charge in [0.15, 0.2) is 0 Å². The molecule has 0 aromatic heterocycles. The van der Waals surface area contributed by atoms with Gasteiger partial charge in [0.2, 0.25) is 5.91 Å². The lowest BCUT2D eigenvalue weighted by molar-refractivity contribution is -0.128. The second-order valence-corrected chi connectivity index (χ2v) is 4.58. The van der Waals surface area contributed by atoms with Gasteiger partial charge in [0.1, 0.15) is 0 Å². The first-order valence-electron chi connectivity index (χ1n) is 6.09. The van der Waals surface area contributed by atoms with E-state index in [0.717, 1.165) is 12.8 Å². The number of rotatable bonds is 7. The Kier molecular flexibility index (Phi) is 6.56. The Morgan fingerprint density at radius 2 is 1.69 bits per heavy atom. The number of nitrogens with two attached hydrogens (primary N) is 1. The second-order valence-electron chi connectivity index (χ2n) is 4.14. The fourth-order valence-electron chi connectivity index (χ4n) is 1.85. The molecule has 0 aliphatic heterocycles. The van der Waals surface area contributed by atoms with Crippen molar-refractivity contribution in [1.29, 1.82) is 0 Å². The summed E-state index contributed by atoms with van der Waals surface area (Å²) < 4.78 is 0. The molecule has 0 aromatic carbocycles. The number of carbonyl (C=O) groups is 1. The highest BCUT2D eigenvalue weighted by atomic mass is 32.1. The van der Waals surface area contributed by atoms with Crippen LogP contribution >= 0.6 is 12.2 Å². The normalized spacial score (nSPS) is 11.6. The summed E-state index contributed by atoms with van der Waals surface area (Å²) >= 11 is 5.05. The van der Waals surface area contributed by atoms with Gasteiger partial charge < -0.3 is 11.1 Å². The lowest BCUT2D eigenvalue weighted by Gasteiger charge is -2.31. The summed E-state index contributed by atoms with van der Waals surface area (Å²) in [5.74, 6) is -0.0151. The van der Waals surface area contributed by atoms with Crippen molar-refractivity contribution in [3.8, 4) is 0 Å². The van der Waals surface area contributed by atoms with E-state index in [0.29, 0.717) is 17.8 Å². The Morgan fingerprint density at radius 3 is 1.94 bits per heavy atom. The Bertz CT molecular complexity index is 245. The van der Waals surface area contributed by atoms with Gasteiger partial charge in [-0.3, -0.25) is 4.79 Å². The molecule has 94 valence electrons. The van der Waals surface area contributed by atoms with E-state index in [-0.39, 0.29) is 11.9 Å². The first-order chi connectivity index (χ1) is 7.48. The summed E-state index contributed by atoms with van der Waals surface area (Å²) in [5, 5.41) is 3.03. The molecule has 0 radical (unpaired) electrons. The summed E-state index contributed by atoms with van der Waals surface area (Å²) in [5.41, 5.74) is 5.05. The van der Waals surface area contributed by atoms with E-state index in [1.54, 1.807) is 0 Å². The van der Waals surface area contributed by atoms with Crippen LogP contribution in [0.4, 0.5) is 0 Å². The Morgan fingerprint density at radius 1 is 1.25 bits per heavy atom. The van der Waals surface area contributed by atoms with Gasteiger partial charge in [-0.1, -0.05) is 39.9 Å². The van der Waals surface area contributed by atoms with E-state index in [1.165, 1.54) is 0 Å². The zero-order valence-electron chi connectivity index (χ0n) is 10.8. The molecule has 3 nitrogen and oxygen atoms in total. The van der Waals surface area contributed by atoms with Crippen LogP contribution in [0.25, 0.3) is 0 Å². The molecular weight excluding hydrogens is 220 g/mol. The van der Waals surface area contributed by atoms with Gasteiger partial charge in [-0.05, 0) is 25.7 Å². The van der Waals surface area contributed by atoms with Gasteiger partial charge in [-0.2, -0.15) is 0 Å². The van der Waals surface area contributed by atoms with Crippen LogP contribution in [0.15, 0.2) is 0 Å². The van der Waals surface area contributed by atoms with Crippen molar-refractivity contribution in [1.82, 2.24) is 5.32 Å². The highest BCUT2D eigenvalue weighted by Gasteiger charge is 2.38. The van der Waals surface area contributed by atoms with Crippen LogP contribution in [0.5, 0.6) is 0 Å². The molecule has 0 aromatic rings. The molecule has 0 aliphatic rings. The van der Waals surface area contributed by atoms with E-state index in [2.05, 4.69) is 19.2 Å². The minimum atomic E-state index is -0.669. The maximum atomic E-state index is 12.2. The number of carbonyl (C=O) groups excluding carboxylic acids is 1. The summed E-state index contributed by atoms with van der Waals surface area (Å²) in [7, 11) is 0. The summed E-state index contributed by atoms with van der Waals surface area (Å²) in [4.78, 5) is 12.5. The maximum absolute atomic E-state index is 12.2. The molecule has 1 amide bonds. The number of nitrogens with one attached hydrogen (secondary N) is 1. The molecule has 0 fully saturated rings. The molecule has 3 N–H and O–H groups in total. The number of hydrogen-bond donors (Lipinski definition) is 2. The predicted molar refractivity (Wildman–Crippen MR) is 72.3 cm³/mol. The van der Waals surface area contributed by atoms with Crippen LogP contribution in [-0.2, 0) is 4.79 Å². The topological polar surface area (TPSA) is 55.1 Å². The zero-order chi connectivity index (χ0) is 12.8. The molecule has 0 bridgehead atoms. The lowest BCUT2D eigenvalue weighted by atomic mass is 9.81. The predicted octanol–water partition coefficient (Wildman–Crippen LogP) is 2.38. The minimum Gasteiger partial charge on any atom is -0.392 e. The third-order valence-corrected chi connectivity index (χ3v) is 3.82. The first kappa shape index (κ1) is 15.4. The van der Waals surface area contributed by atoms with Gasteiger partial charge in [0, 0.05) is 6.04 Å². The van der Waals surface area contributed by atoms with Crippen molar-refractivity contribution in [2.24, 2.45) is 11.1 Å². The van der Waals surface area contributed by atoms with Gasteiger partial charge in [-0.15, -0.1) is 0 Å². The van der Waals surface area contributed by atoms with Crippen molar-refractivity contribution < 1.29 is 4.79 Å². The first-order valence-corrected chi connectivity index (χ1v) is 6.50.